The molecule has 2 aromatic rings. The smallest absolute Gasteiger partial charge is 0.312 e. The summed E-state index contributed by atoms with van der Waals surface area (Å²) in [6.45, 7) is 4.66. The number of nitrogens with zero attached hydrogens (tertiary/aromatic N) is 5. The van der Waals surface area contributed by atoms with Gasteiger partial charge >= 0.3 is 5.91 Å². The summed E-state index contributed by atoms with van der Waals surface area (Å²) in [5.41, 5.74) is 5.21. The minimum Gasteiger partial charge on any atom is -0.447 e. The molecule has 4 aliphatic rings. The normalized spacial score (nSPS) is 21.7. The Kier molecular flexibility index (Phi) is 6.83. The standard InChI is InChI=1S/C25H30N8O5S/c34-23(29-20-14-27-6-5-21(20)31-11-7-26-8-12-31)24-30-28-15-22(38-24)33-16-17-3-4-18(13-19(17)25(33)35)39(36,37)32-9-1-2-10-32/h3-6,13-14,22,26,28H,1-2,7-12,15-16H2,(H,29,34). The lowest BCUT2D eigenvalue weighted by molar-refractivity contribution is -0.113. The zero-order valence-electron chi connectivity index (χ0n) is 21.3. The van der Waals surface area contributed by atoms with E-state index < -0.39 is 22.2 Å². The molecule has 3 N–H and O–H groups in total. The number of nitrogens with one attached hydrogen (secondary N) is 3. The quantitative estimate of drug-likeness (QED) is 0.453. The number of sulfonamides is 1. The molecule has 1 aromatic carbocycles. The van der Waals surface area contributed by atoms with Crippen LogP contribution in [0.25, 0.3) is 0 Å². The lowest BCUT2D eigenvalue weighted by atomic mass is 10.1. The minimum atomic E-state index is -3.65. The number of hydrogen-bond acceptors (Lipinski definition) is 10. The van der Waals surface area contributed by atoms with Gasteiger partial charge in [0.05, 0.1) is 35.6 Å². The molecule has 1 unspecified atom stereocenters. The predicted octanol–water partition coefficient (Wildman–Crippen LogP) is 0.130. The van der Waals surface area contributed by atoms with Gasteiger partial charge in [-0.2, -0.15) is 4.31 Å². The van der Waals surface area contributed by atoms with Gasteiger partial charge < -0.3 is 25.7 Å². The largest absolute Gasteiger partial charge is 0.447 e. The van der Waals surface area contributed by atoms with E-state index in [4.69, 9.17) is 4.74 Å². The number of carbonyl (C=O) groups is 2. The fourth-order valence-electron chi connectivity index (χ4n) is 5.28. The van der Waals surface area contributed by atoms with Crippen molar-refractivity contribution in [3.8, 4) is 0 Å². The van der Waals surface area contributed by atoms with Crippen LogP contribution in [0.15, 0.2) is 46.7 Å². The molecule has 2 amide bonds. The van der Waals surface area contributed by atoms with E-state index in [-0.39, 0.29) is 29.8 Å². The second-order valence-electron chi connectivity index (χ2n) is 9.80. The van der Waals surface area contributed by atoms with Gasteiger partial charge in [-0.3, -0.25) is 19.5 Å². The molecule has 1 atom stereocenters. The molecule has 0 saturated carbocycles. The molecule has 14 heteroatoms. The summed E-state index contributed by atoms with van der Waals surface area (Å²) in [4.78, 5) is 34.3. The Bertz CT molecular complexity index is 1420. The van der Waals surface area contributed by atoms with Gasteiger partial charge in [0.1, 0.15) is 0 Å². The van der Waals surface area contributed by atoms with Crippen molar-refractivity contribution < 1.29 is 22.7 Å². The second kappa shape index (κ2) is 10.4. The maximum absolute atomic E-state index is 13.3. The van der Waals surface area contributed by atoms with E-state index in [1.54, 1.807) is 24.5 Å². The van der Waals surface area contributed by atoms with Crippen LogP contribution in [0.5, 0.6) is 0 Å². The third kappa shape index (κ3) is 4.90. The van der Waals surface area contributed by atoms with Crippen LogP contribution in [0.4, 0.5) is 11.4 Å². The van der Waals surface area contributed by atoms with Gasteiger partial charge in [-0.05, 0) is 36.6 Å². The molecule has 0 bridgehead atoms. The first-order chi connectivity index (χ1) is 18.9. The topological polar surface area (TPSA) is 149 Å². The van der Waals surface area contributed by atoms with E-state index in [0.717, 1.165) is 44.7 Å². The summed E-state index contributed by atoms with van der Waals surface area (Å²) < 4.78 is 33.4. The van der Waals surface area contributed by atoms with Crippen LogP contribution in [-0.2, 0) is 26.1 Å². The molecule has 2 saturated heterocycles. The van der Waals surface area contributed by atoms with E-state index in [1.807, 2.05) is 6.07 Å². The van der Waals surface area contributed by atoms with Crippen LogP contribution in [0.1, 0.15) is 28.8 Å². The molecule has 0 radical (unpaired) electrons. The number of aromatic nitrogens is 1. The molecular weight excluding hydrogens is 524 g/mol. The average molecular weight is 555 g/mol. The van der Waals surface area contributed by atoms with Gasteiger partial charge in [-0.25, -0.2) is 8.42 Å². The van der Waals surface area contributed by atoms with Crippen molar-refractivity contribution >= 4 is 39.1 Å². The number of piperazine rings is 1. The molecule has 206 valence electrons. The Morgan fingerprint density at radius 3 is 2.69 bits per heavy atom. The zero-order valence-corrected chi connectivity index (χ0v) is 22.1. The number of carbonyl (C=O) groups excluding carboxylic acids is 2. The maximum Gasteiger partial charge on any atom is 0.312 e. The summed E-state index contributed by atoms with van der Waals surface area (Å²) in [5, 5.41) is 10.2. The Hall–Kier alpha value is -3.75. The van der Waals surface area contributed by atoms with Crippen LogP contribution in [-0.4, -0.2) is 92.4 Å². The summed E-state index contributed by atoms with van der Waals surface area (Å²) in [5.74, 6) is -1.13. The van der Waals surface area contributed by atoms with Crippen molar-refractivity contribution in [1.29, 1.82) is 0 Å². The van der Waals surface area contributed by atoms with E-state index >= 15 is 0 Å². The molecule has 1 aromatic heterocycles. The van der Waals surface area contributed by atoms with E-state index in [9.17, 15) is 18.0 Å². The average Bonchev–Trinajstić information content (AvgIpc) is 3.63. The Morgan fingerprint density at radius 1 is 1.10 bits per heavy atom. The highest BCUT2D eigenvalue weighted by Gasteiger charge is 2.38. The fraction of sp³-hybridized carbons (Fsp3) is 0.440. The van der Waals surface area contributed by atoms with E-state index in [2.05, 4.69) is 31.0 Å². The van der Waals surface area contributed by atoms with Crippen LogP contribution in [0.2, 0.25) is 0 Å². The molecule has 4 aliphatic heterocycles. The highest BCUT2D eigenvalue weighted by Crippen LogP contribution is 2.30. The van der Waals surface area contributed by atoms with Crippen molar-refractivity contribution in [1.82, 2.24) is 24.9 Å². The summed E-state index contributed by atoms with van der Waals surface area (Å²) in [6, 6.07) is 6.52. The number of pyridine rings is 1. The molecule has 0 aliphatic carbocycles. The molecule has 5 heterocycles. The van der Waals surface area contributed by atoms with Crippen LogP contribution in [0.3, 0.4) is 0 Å². The fourth-order valence-corrected chi connectivity index (χ4v) is 6.83. The number of ether oxygens (including phenoxy) is 1. The molecule has 2 fully saturated rings. The molecular formula is C25H30N8O5S. The third-order valence-corrected chi connectivity index (χ3v) is 9.25. The van der Waals surface area contributed by atoms with E-state index in [1.165, 1.54) is 15.3 Å². The number of hydrazone groups is 1. The van der Waals surface area contributed by atoms with Crippen molar-refractivity contribution in [3.05, 3.63) is 47.8 Å². The Labute approximate surface area is 226 Å². The second-order valence-corrected chi connectivity index (χ2v) is 11.7. The van der Waals surface area contributed by atoms with Crippen molar-refractivity contribution in [3.63, 3.8) is 0 Å². The van der Waals surface area contributed by atoms with Crippen molar-refractivity contribution in [2.75, 3.05) is 56.0 Å². The number of rotatable bonds is 6. The number of anilines is 2. The van der Waals surface area contributed by atoms with Gasteiger partial charge in [-0.15, -0.1) is 5.10 Å². The van der Waals surface area contributed by atoms with Gasteiger partial charge in [0.2, 0.25) is 10.0 Å². The number of hydrogen-bond donors (Lipinski definition) is 3. The van der Waals surface area contributed by atoms with Crippen molar-refractivity contribution in [2.45, 2.75) is 30.5 Å². The van der Waals surface area contributed by atoms with E-state index in [0.29, 0.717) is 29.9 Å². The Balaban J connectivity index is 1.15. The third-order valence-electron chi connectivity index (χ3n) is 7.36. The van der Waals surface area contributed by atoms with Gasteiger partial charge in [-0.1, -0.05) is 6.07 Å². The number of benzene rings is 1. The number of fused-ring (bicyclic) bond motifs is 1. The van der Waals surface area contributed by atoms with Gasteiger partial charge in [0, 0.05) is 51.0 Å². The monoisotopic (exact) mass is 554 g/mol. The highest BCUT2D eigenvalue weighted by molar-refractivity contribution is 7.89. The summed E-state index contributed by atoms with van der Waals surface area (Å²) in [6.07, 6.45) is 4.12. The number of amides is 2. The minimum absolute atomic E-state index is 0.111. The lowest BCUT2D eigenvalue weighted by Gasteiger charge is -2.32. The highest BCUT2D eigenvalue weighted by atomic mass is 32.2. The molecule has 6 rings (SSSR count). The summed E-state index contributed by atoms with van der Waals surface area (Å²) >= 11 is 0. The molecule has 39 heavy (non-hydrogen) atoms. The van der Waals surface area contributed by atoms with Gasteiger partial charge in [0.25, 0.3) is 11.8 Å². The first kappa shape index (κ1) is 25.5. The van der Waals surface area contributed by atoms with Crippen LogP contribution in [0, 0.1) is 0 Å². The lowest BCUT2D eigenvalue weighted by Crippen LogP contribution is -2.49. The zero-order chi connectivity index (χ0) is 27.0. The first-order valence-electron chi connectivity index (χ1n) is 13.0. The first-order valence-corrected chi connectivity index (χ1v) is 14.5. The Morgan fingerprint density at radius 2 is 1.90 bits per heavy atom. The molecule has 13 nitrogen and oxygen atoms in total. The summed E-state index contributed by atoms with van der Waals surface area (Å²) in [7, 11) is -3.65. The molecule has 0 spiro atoms. The SMILES string of the molecule is O=C(Nc1cnccc1N1CCNCC1)C1=NNCC(N2Cc3ccc(S(=O)(=O)N4CCCC4)cc3C2=O)O1. The van der Waals surface area contributed by atoms with Gasteiger partial charge in [0.15, 0.2) is 6.23 Å². The van der Waals surface area contributed by atoms with Crippen LogP contribution >= 0.6 is 0 Å². The predicted molar refractivity (Wildman–Crippen MR) is 143 cm³/mol. The van der Waals surface area contributed by atoms with Crippen LogP contribution < -0.4 is 21.0 Å². The maximum atomic E-state index is 13.3. The van der Waals surface area contributed by atoms with Crippen molar-refractivity contribution in [2.24, 2.45) is 5.10 Å².